The molecule has 0 unspecified atom stereocenters. The number of carbonyl (C=O) groups is 2. The first-order chi connectivity index (χ1) is 17.5. The van der Waals surface area contributed by atoms with E-state index in [-0.39, 0.29) is 17.9 Å². The molecule has 190 valence electrons. The normalized spacial score (nSPS) is 16.1. The van der Waals surface area contributed by atoms with Crippen LogP contribution in [-0.2, 0) is 20.9 Å². The van der Waals surface area contributed by atoms with Crippen LogP contribution in [-0.4, -0.2) is 59.7 Å². The second-order valence-corrected chi connectivity index (χ2v) is 9.09. The van der Waals surface area contributed by atoms with Crippen LogP contribution in [0, 0.1) is 6.92 Å². The summed E-state index contributed by atoms with van der Waals surface area (Å²) in [6.45, 7) is 8.44. The van der Waals surface area contributed by atoms with Crippen molar-refractivity contribution in [3.63, 3.8) is 0 Å². The second kappa shape index (κ2) is 12.0. The summed E-state index contributed by atoms with van der Waals surface area (Å²) in [5, 5.41) is 3.04. The van der Waals surface area contributed by atoms with Crippen LogP contribution in [0.2, 0.25) is 0 Å². The van der Waals surface area contributed by atoms with E-state index in [0.717, 1.165) is 41.4 Å². The molecule has 0 saturated carbocycles. The van der Waals surface area contributed by atoms with Crippen molar-refractivity contribution in [1.82, 2.24) is 14.5 Å². The van der Waals surface area contributed by atoms with E-state index in [4.69, 9.17) is 14.5 Å². The molecule has 3 aromatic rings. The van der Waals surface area contributed by atoms with E-state index < -0.39 is 0 Å². The van der Waals surface area contributed by atoms with Gasteiger partial charge in [0, 0.05) is 25.8 Å². The van der Waals surface area contributed by atoms with Crippen molar-refractivity contribution in [3.8, 4) is 0 Å². The van der Waals surface area contributed by atoms with Gasteiger partial charge >= 0.3 is 0 Å². The number of benzene rings is 2. The Balaban J connectivity index is 1.74. The number of ether oxygens (including phenoxy) is 2. The topological polar surface area (TPSA) is 85.7 Å². The third-order valence-corrected chi connectivity index (χ3v) is 6.50. The highest BCUT2D eigenvalue weighted by molar-refractivity contribution is 6.04. The highest BCUT2D eigenvalue weighted by Crippen LogP contribution is 2.33. The minimum atomic E-state index is -0.222. The van der Waals surface area contributed by atoms with Crippen LogP contribution in [0.3, 0.4) is 0 Å². The Hall–Kier alpha value is -3.49. The van der Waals surface area contributed by atoms with E-state index in [1.165, 1.54) is 6.08 Å². The van der Waals surface area contributed by atoms with Gasteiger partial charge in [0.1, 0.15) is 0 Å². The van der Waals surface area contributed by atoms with Gasteiger partial charge in [-0.3, -0.25) is 14.9 Å². The molecule has 2 amide bonds. The number of anilines is 1. The predicted octanol–water partition coefficient (Wildman–Crippen LogP) is 4.50. The number of aromatic nitrogens is 2. The number of hydrogen-bond acceptors (Lipinski definition) is 5. The summed E-state index contributed by atoms with van der Waals surface area (Å²) in [6, 6.07) is 13.2. The summed E-state index contributed by atoms with van der Waals surface area (Å²) in [5.74, 6) is 0.186. The summed E-state index contributed by atoms with van der Waals surface area (Å²) in [6.07, 6.45) is 4.15. The third kappa shape index (κ3) is 5.83. The maximum absolute atomic E-state index is 13.1. The molecule has 1 atom stereocenters. The Morgan fingerprint density at radius 2 is 2.00 bits per heavy atom. The molecule has 8 nitrogen and oxygen atoms in total. The molecular weight excluding hydrogens is 456 g/mol. The van der Waals surface area contributed by atoms with Crippen LogP contribution in [0.1, 0.15) is 46.8 Å². The first kappa shape index (κ1) is 25.6. The van der Waals surface area contributed by atoms with Gasteiger partial charge in [-0.05, 0) is 61.6 Å². The van der Waals surface area contributed by atoms with Crippen molar-refractivity contribution < 1.29 is 19.1 Å². The first-order valence-corrected chi connectivity index (χ1v) is 12.4. The molecular formula is C28H34N4O4. The molecule has 0 radical (unpaired) electrons. The Morgan fingerprint density at radius 1 is 1.19 bits per heavy atom. The van der Waals surface area contributed by atoms with Gasteiger partial charge in [0.05, 0.1) is 36.9 Å². The molecule has 2 heterocycles. The number of imidazole rings is 1. The summed E-state index contributed by atoms with van der Waals surface area (Å²) in [5.41, 5.74) is 4.35. The highest BCUT2D eigenvalue weighted by atomic mass is 16.5. The van der Waals surface area contributed by atoms with E-state index in [2.05, 4.69) is 22.5 Å². The zero-order chi connectivity index (χ0) is 25.5. The molecule has 1 aliphatic heterocycles. The van der Waals surface area contributed by atoms with Gasteiger partial charge in [-0.15, -0.1) is 0 Å². The number of nitrogens with one attached hydrogen (secondary N) is 1. The summed E-state index contributed by atoms with van der Waals surface area (Å²) < 4.78 is 12.9. The number of rotatable bonds is 9. The number of hydrogen-bond donors (Lipinski definition) is 1. The van der Waals surface area contributed by atoms with Crippen molar-refractivity contribution in [3.05, 3.63) is 71.8 Å². The molecule has 1 aromatic heterocycles. The van der Waals surface area contributed by atoms with Gasteiger partial charge < -0.3 is 18.9 Å². The third-order valence-electron chi connectivity index (χ3n) is 6.50. The predicted molar refractivity (Wildman–Crippen MR) is 140 cm³/mol. The fourth-order valence-corrected chi connectivity index (χ4v) is 4.79. The SMILES string of the molecule is C=CC(=O)N1CCCC[C@@H](n2c(NC(=O)c3ccccc3)nc3cc(COCCOC)cc(C)c32)C1. The number of likely N-dealkylation sites (tertiary alicyclic amines) is 1. The minimum absolute atomic E-state index is 0.0324. The van der Waals surface area contributed by atoms with Gasteiger partial charge in [0.15, 0.2) is 0 Å². The van der Waals surface area contributed by atoms with E-state index in [1.54, 1.807) is 19.2 Å². The van der Waals surface area contributed by atoms with E-state index in [0.29, 0.717) is 44.4 Å². The van der Waals surface area contributed by atoms with Gasteiger partial charge in [-0.1, -0.05) is 30.8 Å². The van der Waals surface area contributed by atoms with Crippen molar-refractivity contribution in [2.45, 2.75) is 38.8 Å². The lowest BCUT2D eigenvalue weighted by atomic mass is 10.1. The monoisotopic (exact) mass is 490 g/mol. The van der Waals surface area contributed by atoms with E-state index in [9.17, 15) is 9.59 Å². The molecule has 1 fully saturated rings. The summed E-state index contributed by atoms with van der Waals surface area (Å²) in [4.78, 5) is 32.3. The van der Waals surface area contributed by atoms with Gasteiger partial charge in [0.25, 0.3) is 5.91 Å². The Labute approximate surface area is 211 Å². The number of carbonyl (C=O) groups excluding carboxylic acids is 2. The molecule has 1 N–H and O–H groups in total. The molecule has 1 aliphatic rings. The Bertz CT molecular complexity index is 1220. The van der Waals surface area contributed by atoms with Gasteiger partial charge in [-0.2, -0.15) is 0 Å². The molecule has 8 heteroatoms. The molecule has 2 aromatic carbocycles. The van der Waals surface area contributed by atoms with E-state index >= 15 is 0 Å². The quantitative estimate of drug-likeness (QED) is 0.353. The van der Waals surface area contributed by atoms with Gasteiger partial charge in [-0.25, -0.2) is 4.98 Å². The Kier molecular flexibility index (Phi) is 8.51. The molecule has 0 spiro atoms. The van der Waals surface area contributed by atoms with Crippen LogP contribution in [0.5, 0.6) is 0 Å². The number of nitrogens with zero attached hydrogens (tertiary/aromatic N) is 3. The number of methoxy groups -OCH3 is 1. The fraction of sp³-hybridized carbons (Fsp3) is 0.393. The number of aryl methyl sites for hydroxylation is 1. The van der Waals surface area contributed by atoms with Crippen molar-refractivity contribution in [2.24, 2.45) is 0 Å². The summed E-state index contributed by atoms with van der Waals surface area (Å²) >= 11 is 0. The van der Waals surface area contributed by atoms with Crippen molar-refractivity contribution in [1.29, 1.82) is 0 Å². The molecule has 0 bridgehead atoms. The standard InChI is InChI=1S/C28H34N4O4/c1-4-25(33)31-13-9-8-12-23(18-31)32-26-20(2)16-21(19-36-15-14-35-3)17-24(26)29-28(32)30-27(34)22-10-6-5-7-11-22/h4-7,10-11,16-17,23H,1,8-9,12-15,18-19H2,2-3H3,(H,29,30,34)/t23-/m1/s1. The minimum Gasteiger partial charge on any atom is -0.382 e. The fourth-order valence-electron chi connectivity index (χ4n) is 4.79. The average Bonchev–Trinajstić information content (AvgIpc) is 3.07. The summed E-state index contributed by atoms with van der Waals surface area (Å²) in [7, 11) is 1.65. The van der Waals surface area contributed by atoms with Crippen LogP contribution < -0.4 is 5.32 Å². The maximum atomic E-state index is 13.1. The molecule has 0 aliphatic carbocycles. The Morgan fingerprint density at radius 3 is 2.75 bits per heavy atom. The van der Waals surface area contributed by atoms with Crippen LogP contribution >= 0.6 is 0 Å². The largest absolute Gasteiger partial charge is 0.382 e. The zero-order valence-electron chi connectivity index (χ0n) is 21.0. The zero-order valence-corrected chi connectivity index (χ0v) is 21.0. The lowest BCUT2D eigenvalue weighted by Crippen LogP contribution is -2.34. The highest BCUT2D eigenvalue weighted by Gasteiger charge is 2.27. The van der Waals surface area contributed by atoms with Gasteiger partial charge in [0.2, 0.25) is 11.9 Å². The maximum Gasteiger partial charge on any atom is 0.257 e. The smallest absolute Gasteiger partial charge is 0.257 e. The van der Waals surface area contributed by atoms with Crippen LogP contribution in [0.25, 0.3) is 11.0 Å². The van der Waals surface area contributed by atoms with Crippen molar-refractivity contribution >= 4 is 28.8 Å². The molecule has 36 heavy (non-hydrogen) atoms. The lowest BCUT2D eigenvalue weighted by molar-refractivity contribution is -0.126. The van der Waals surface area contributed by atoms with Crippen LogP contribution in [0.4, 0.5) is 5.95 Å². The number of amides is 2. The molecule has 4 rings (SSSR count). The molecule has 1 saturated heterocycles. The van der Waals surface area contributed by atoms with E-state index in [1.807, 2.05) is 36.1 Å². The lowest BCUT2D eigenvalue weighted by Gasteiger charge is -2.26. The number of fused-ring (bicyclic) bond motifs is 1. The van der Waals surface area contributed by atoms with Crippen molar-refractivity contribution in [2.75, 3.05) is 38.7 Å². The first-order valence-electron chi connectivity index (χ1n) is 12.4. The van der Waals surface area contributed by atoms with Crippen LogP contribution in [0.15, 0.2) is 55.1 Å². The second-order valence-electron chi connectivity index (χ2n) is 9.09. The average molecular weight is 491 g/mol.